The fraction of sp³-hybridized carbons (Fsp3) is 0.263. The molecule has 0 fully saturated rings. The lowest BCUT2D eigenvalue weighted by Gasteiger charge is -2.18. The predicted molar refractivity (Wildman–Crippen MR) is 90.6 cm³/mol. The first kappa shape index (κ1) is 18.4. The Hall–Kier alpha value is -2.89. The molecule has 6 heteroatoms. The third-order valence-electron chi connectivity index (χ3n) is 3.73. The summed E-state index contributed by atoms with van der Waals surface area (Å²) < 4.78 is 22.8. The fourth-order valence-corrected chi connectivity index (χ4v) is 2.37. The van der Waals surface area contributed by atoms with Crippen molar-refractivity contribution in [1.29, 1.82) is 0 Å². The highest BCUT2D eigenvalue weighted by Gasteiger charge is 2.19. The molecule has 0 aromatic heterocycles. The summed E-state index contributed by atoms with van der Waals surface area (Å²) in [5.74, 6) is -0.372. The Morgan fingerprint density at radius 2 is 1.68 bits per heavy atom. The van der Waals surface area contributed by atoms with Gasteiger partial charge in [0.2, 0.25) is 5.91 Å². The van der Waals surface area contributed by atoms with Crippen molar-refractivity contribution in [2.75, 3.05) is 14.2 Å². The lowest BCUT2D eigenvalue weighted by atomic mass is 10.0. The normalized spacial score (nSPS) is 11.5. The van der Waals surface area contributed by atoms with E-state index in [2.05, 4.69) is 5.32 Å². The Labute approximate surface area is 145 Å². The Morgan fingerprint density at radius 1 is 1.04 bits per heavy atom. The van der Waals surface area contributed by atoms with Gasteiger partial charge in [-0.15, -0.1) is 0 Å². The highest BCUT2D eigenvalue weighted by molar-refractivity contribution is 5.80. The maximum absolute atomic E-state index is 12.9. The molecule has 0 saturated carbocycles. The highest BCUT2D eigenvalue weighted by Crippen LogP contribution is 2.21. The summed E-state index contributed by atoms with van der Waals surface area (Å²) in [6.07, 6.45) is 0.103. The van der Waals surface area contributed by atoms with Crippen molar-refractivity contribution in [3.63, 3.8) is 0 Å². The number of carbonyl (C=O) groups excluding carboxylic acids is 2. The summed E-state index contributed by atoms with van der Waals surface area (Å²) >= 11 is 0. The van der Waals surface area contributed by atoms with Crippen LogP contribution in [-0.2, 0) is 20.7 Å². The lowest BCUT2D eigenvalue weighted by Crippen LogP contribution is -2.31. The molecule has 0 bridgehead atoms. The number of hydrogen-bond donors (Lipinski definition) is 1. The molecule has 1 amide bonds. The largest absolute Gasteiger partial charge is 0.497 e. The molecule has 0 aliphatic carbocycles. The SMILES string of the molecule is COC(=O)CC(NC(=O)Cc1ccc(F)cc1)c1ccc(OC)cc1. The molecule has 0 radical (unpaired) electrons. The van der Waals surface area contributed by atoms with Crippen molar-refractivity contribution in [1.82, 2.24) is 5.32 Å². The van der Waals surface area contributed by atoms with Crippen LogP contribution in [-0.4, -0.2) is 26.1 Å². The number of halogens is 1. The number of esters is 1. The quantitative estimate of drug-likeness (QED) is 0.784. The van der Waals surface area contributed by atoms with Gasteiger partial charge in [-0.3, -0.25) is 9.59 Å². The minimum atomic E-state index is -0.522. The van der Waals surface area contributed by atoms with Crippen molar-refractivity contribution in [2.45, 2.75) is 18.9 Å². The molecule has 0 aliphatic heterocycles. The molecule has 2 aromatic carbocycles. The van der Waals surface area contributed by atoms with E-state index >= 15 is 0 Å². The third kappa shape index (κ3) is 5.60. The molecule has 0 saturated heterocycles. The van der Waals surface area contributed by atoms with Crippen LogP contribution in [0.2, 0.25) is 0 Å². The van der Waals surface area contributed by atoms with Gasteiger partial charge in [0.05, 0.1) is 33.1 Å². The van der Waals surface area contributed by atoms with E-state index in [1.165, 1.54) is 19.2 Å². The summed E-state index contributed by atoms with van der Waals surface area (Å²) in [4.78, 5) is 23.9. The Morgan fingerprint density at radius 3 is 2.24 bits per heavy atom. The van der Waals surface area contributed by atoms with Gasteiger partial charge in [-0.1, -0.05) is 24.3 Å². The van der Waals surface area contributed by atoms with Gasteiger partial charge in [0.1, 0.15) is 11.6 Å². The Balaban J connectivity index is 2.09. The molecule has 25 heavy (non-hydrogen) atoms. The van der Waals surface area contributed by atoms with E-state index in [0.29, 0.717) is 11.3 Å². The molecule has 1 unspecified atom stereocenters. The van der Waals surface area contributed by atoms with Crippen LogP contribution in [0.15, 0.2) is 48.5 Å². The van der Waals surface area contributed by atoms with Gasteiger partial charge in [0.15, 0.2) is 0 Å². The smallest absolute Gasteiger partial charge is 0.307 e. The zero-order valence-corrected chi connectivity index (χ0v) is 14.1. The zero-order chi connectivity index (χ0) is 18.2. The van der Waals surface area contributed by atoms with E-state index < -0.39 is 12.0 Å². The second-order valence-electron chi connectivity index (χ2n) is 5.48. The Bertz CT molecular complexity index is 713. The predicted octanol–water partition coefficient (Wildman–Crippen LogP) is 2.80. The number of hydrogen-bond acceptors (Lipinski definition) is 4. The number of methoxy groups -OCH3 is 2. The van der Waals surface area contributed by atoms with Crippen LogP contribution >= 0.6 is 0 Å². The molecular formula is C19H20FNO4. The molecule has 1 atom stereocenters. The van der Waals surface area contributed by atoms with Crippen molar-refractivity contribution < 1.29 is 23.5 Å². The molecule has 0 spiro atoms. The minimum absolute atomic E-state index is 0.0119. The van der Waals surface area contributed by atoms with Crippen LogP contribution in [0.5, 0.6) is 5.75 Å². The Kier molecular flexibility index (Phi) is 6.51. The van der Waals surface area contributed by atoms with Gasteiger partial charge < -0.3 is 14.8 Å². The van der Waals surface area contributed by atoms with Gasteiger partial charge in [0.25, 0.3) is 0 Å². The van der Waals surface area contributed by atoms with E-state index in [1.54, 1.807) is 43.5 Å². The second kappa shape index (κ2) is 8.82. The van der Waals surface area contributed by atoms with Crippen LogP contribution in [0.4, 0.5) is 4.39 Å². The first-order valence-corrected chi connectivity index (χ1v) is 7.76. The van der Waals surface area contributed by atoms with Crippen LogP contribution in [0.3, 0.4) is 0 Å². The summed E-state index contributed by atoms with van der Waals surface area (Å²) in [5, 5.41) is 2.82. The van der Waals surface area contributed by atoms with Crippen molar-refractivity contribution >= 4 is 11.9 Å². The lowest BCUT2D eigenvalue weighted by molar-refractivity contribution is -0.141. The molecule has 0 heterocycles. The monoisotopic (exact) mass is 345 g/mol. The van der Waals surface area contributed by atoms with Crippen LogP contribution in [0, 0.1) is 5.82 Å². The van der Waals surface area contributed by atoms with Crippen LogP contribution in [0.1, 0.15) is 23.6 Å². The number of amides is 1. The average molecular weight is 345 g/mol. The molecule has 0 aliphatic rings. The highest BCUT2D eigenvalue weighted by atomic mass is 19.1. The summed E-state index contributed by atoms with van der Waals surface area (Å²) in [6, 6.07) is 12.3. The van der Waals surface area contributed by atoms with Gasteiger partial charge >= 0.3 is 5.97 Å². The second-order valence-corrected chi connectivity index (χ2v) is 5.48. The topological polar surface area (TPSA) is 64.6 Å². The van der Waals surface area contributed by atoms with E-state index in [0.717, 1.165) is 5.56 Å². The number of carbonyl (C=O) groups is 2. The molecule has 132 valence electrons. The number of ether oxygens (including phenoxy) is 2. The van der Waals surface area contributed by atoms with Gasteiger partial charge in [-0.2, -0.15) is 0 Å². The summed E-state index contributed by atoms with van der Waals surface area (Å²) in [6.45, 7) is 0. The maximum Gasteiger partial charge on any atom is 0.307 e. The van der Waals surface area contributed by atoms with Gasteiger partial charge in [-0.25, -0.2) is 4.39 Å². The van der Waals surface area contributed by atoms with Crippen LogP contribution in [0.25, 0.3) is 0 Å². The minimum Gasteiger partial charge on any atom is -0.497 e. The summed E-state index contributed by atoms with van der Waals surface area (Å²) in [7, 11) is 2.86. The van der Waals surface area contributed by atoms with Crippen LogP contribution < -0.4 is 10.1 Å². The molecular weight excluding hydrogens is 325 g/mol. The number of rotatable bonds is 7. The first-order valence-electron chi connectivity index (χ1n) is 7.76. The van der Waals surface area contributed by atoms with Gasteiger partial charge in [0, 0.05) is 0 Å². The van der Waals surface area contributed by atoms with Gasteiger partial charge in [-0.05, 0) is 35.4 Å². The number of benzene rings is 2. The maximum atomic E-state index is 12.9. The fourth-order valence-electron chi connectivity index (χ4n) is 2.37. The van der Waals surface area contributed by atoms with E-state index in [4.69, 9.17) is 9.47 Å². The van der Waals surface area contributed by atoms with Crippen molar-refractivity contribution in [2.24, 2.45) is 0 Å². The zero-order valence-electron chi connectivity index (χ0n) is 14.1. The van der Waals surface area contributed by atoms with Crippen molar-refractivity contribution in [3.8, 4) is 5.75 Å². The third-order valence-corrected chi connectivity index (χ3v) is 3.73. The van der Waals surface area contributed by atoms with E-state index in [9.17, 15) is 14.0 Å². The molecule has 5 nitrogen and oxygen atoms in total. The molecule has 2 rings (SSSR count). The molecule has 2 aromatic rings. The van der Waals surface area contributed by atoms with E-state index in [-0.39, 0.29) is 24.6 Å². The molecule has 1 N–H and O–H groups in total. The van der Waals surface area contributed by atoms with Crippen molar-refractivity contribution in [3.05, 3.63) is 65.5 Å². The standard InChI is InChI=1S/C19H20FNO4/c1-24-16-9-5-14(6-10-16)17(12-19(23)25-2)21-18(22)11-13-3-7-15(20)8-4-13/h3-10,17H,11-12H2,1-2H3,(H,21,22). The summed E-state index contributed by atoms with van der Waals surface area (Å²) in [5.41, 5.74) is 1.45. The van der Waals surface area contributed by atoms with E-state index in [1.807, 2.05) is 0 Å². The number of nitrogens with one attached hydrogen (secondary N) is 1. The average Bonchev–Trinajstić information content (AvgIpc) is 2.63. The first-order chi connectivity index (χ1) is 12.0.